The SMILES string of the molecule is CC(C)C(c1nccs1)C(F)(F)F. The Morgan fingerprint density at radius 3 is 2.31 bits per heavy atom. The van der Waals surface area contributed by atoms with Crippen LogP contribution in [0.1, 0.15) is 24.8 Å². The van der Waals surface area contributed by atoms with Crippen molar-refractivity contribution in [2.45, 2.75) is 25.9 Å². The molecule has 0 fully saturated rings. The Balaban J connectivity index is 2.94. The van der Waals surface area contributed by atoms with Crippen molar-refractivity contribution in [1.82, 2.24) is 4.98 Å². The standard InChI is InChI=1S/C8H10F3NS/c1-5(2)6(8(9,10)11)7-12-3-4-13-7/h3-6H,1-2H3. The van der Waals surface area contributed by atoms with Crippen LogP contribution < -0.4 is 0 Å². The maximum absolute atomic E-state index is 12.5. The lowest BCUT2D eigenvalue weighted by molar-refractivity contribution is -0.159. The number of aromatic nitrogens is 1. The molecule has 1 aromatic heterocycles. The fourth-order valence-corrected chi connectivity index (χ4v) is 2.13. The Kier molecular flexibility index (Phi) is 2.95. The van der Waals surface area contributed by atoms with Crippen molar-refractivity contribution in [2.75, 3.05) is 0 Å². The second-order valence-electron chi connectivity index (χ2n) is 3.13. The molecular formula is C8H10F3NS. The molecule has 13 heavy (non-hydrogen) atoms. The molecule has 0 aliphatic heterocycles. The fourth-order valence-electron chi connectivity index (χ4n) is 1.19. The largest absolute Gasteiger partial charge is 0.398 e. The van der Waals surface area contributed by atoms with E-state index in [1.165, 1.54) is 6.20 Å². The lowest BCUT2D eigenvalue weighted by Crippen LogP contribution is -2.25. The highest BCUT2D eigenvalue weighted by molar-refractivity contribution is 7.09. The molecular weight excluding hydrogens is 199 g/mol. The monoisotopic (exact) mass is 209 g/mol. The molecule has 0 aromatic carbocycles. The third-order valence-corrected chi connectivity index (χ3v) is 2.60. The van der Waals surface area contributed by atoms with Gasteiger partial charge in [-0.05, 0) is 5.92 Å². The minimum Gasteiger partial charge on any atom is -0.249 e. The molecule has 5 heteroatoms. The van der Waals surface area contributed by atoms with Crippen molar-refractivity contribution < 1.29 is 13.2 Å². The van der Waals surface area contributed by atoms with Crippen LogP contribution >= 0.6 is 11.3 Å². The maximum atomic E-state index is 12.5. The number of hydrogen-bond donors (Lipinski definition) is 0. The van der Waals surface area contributed by atoms with E-state index in [-0.39, 0.29) is 5.01 Å². The highest BCUT2D eigenvalue weighted by atomic mass is 32.1. The second-order valence-corrected chi connectivity index (χ2v) is 4.06. The van der Waals surface area contributed by atoms with Gasteiger partial charge in [-0.2, -0.15) is 13.2 Å². The predicted octanol–water partition coefficient (Wildman–Crippen LogP) is 3.45. The highest BCUT2D eigenvalue weighted by Crippen LogP contribution is 2.40. The molecule has 0 amide bonds. The molecule has 1 atom stereocenters. The smallest absolute Gasteiger partial charge is 0.249 e. The Morgan fingerprint density at radius 2 is 2.00 bits per heavy atom. The van der Waals surface area contributed by atoms with Crippen LogP contribution in [0.3, 0.4) is 0 Å². The van der Waals surface area contributed by atoms with E-state index < -0.39 is 18.0 Å². The van der Waals surface area contributed by atoms with Gasteiger partial charge < -0.3 is 0 Å². The summed E-state index contributed by atoms with van der Waals surface area (Å²) in [6.07, 6.45) is -2.78. The van der Waals surface area contributed by atoms with E-state index in [9.17, 15) is 13.2 Å². The highest BCUT2D eigenvalue weighted by Gasteiger charge is 2.44. The minimum atomic E-state index is -4.19. The number of halogens is 3. The van der Waals surface area contributed by atoms with Crippen LogP contribution in [0.25, 0.3) is 0 Å². The van der Waals surface area contributed by atoms with Crippen molar-refractivity contribution in [3.05, 3.63) is 16.6 Å². The number of rotatable bonds is 2. The van der Waals surface area contributed by atoms with Crippen molar-refractivity contribution >= 4 is 11.3 Å². The maximum Gasteiger partial charge on any atom is 0.398 e. The zero-order chi connectivity index (χ0) is 10.1. The number of hydrogen-bond acceptors (Lipinski definition) is 2. The molecule has 0 aliphatic carbocycles. The van der Waals surface area contributed by atoms with E-state index in [1.807, 2.05) is 0 Å². The van der Waals surface area contributed by atoms with Gasteiger partial charge in [0.15, 0.2) is 0 Å². The van der Waals surface area contributed by atoms with Crippen LogP contribution in [0.15, 0.2) is 11.6 Å². The molecule has 1 unspecified atom stereocenters. The van der Waals surface area contributed by atoms with Crippen LogP contribution in [0.4, 0.5) is 13.2 Å². The van der Waals surface area contributed by atoms with Crippen LogP contribution in [0.5, 0.6) is 0 Å². The third kappa shape index (κ3) is 2.43. The molecule has 0 bridgehead atoms. The first-order valence-electron chi connectivity index (χ1n) is 3.89. The first kappa shape index (κ1) is 10.5. The Hall–Kier alpha value is -0.580. The Morgan fingerprint density at radius 1 is 1.38 bits per heavy atom. The summed E-state index contributed by atoms with van der Waals surface area (Å²) in [5, 5.41) is 1.72. The Bertz CT molecular complexity index is 253. The molecule has 0 saturated carbocycles. The predicted molar refractivity (Wildman–Crippen MR) is 45.7 cm³/mol. The number of thiazole rings is 1. The van der Waals surface area contributed by atoms with E-state index in [2.05, 4.69) is 4.98 Å². The average molecular weight is 209 g/mol. The fraction of sp³-hybridized carbons (Fsp3) is 0.625. The van der Waals surface area contributed by atoms with Gasteiger partial charge in [0.25, 0.3) is 0 Å². The van der Waals surface area contributed by atoms with Crippen molar-refractivity contribution in [3.8, 4) is 0 Å². The molecule has 0 aliphatic rings. The summed E-state index contributed by atoms with van der Waals surface area (Å²) in [5.41, 5.74) is 0. The van der Waals surface area contributed by atoms with Crippen molar-refractivity contribution in [1.29, 1.82) is 0 Å². The topological polar surface area (TPSA) is 12.9 Å². The first-order chi connectivity index (χ1) is 5.93. The van der Waals surface area contributed by atoms with E-state index in [0.29, 0.717) is 0 Å². The van der Waals surface area contributed by atoms with Crippen molar-refractivity contribution in [2.24, 2.45) is 5.92 Å². The molecule has 0 N–H and O–H groups in total. The van der Waals surface area contributed by atoms with Gasteiger partial charge in [-0.15, -0.1) is 11.3 Å². The van der Waals surface area contributed by atoms with Gasteiger partial charge in [-0.25, -0.2) is 4.98 Å². The van der Waals surface area contributed by atoms with Gasteiger partial charge in [-0.1, -0.05) is 13.8 Å². The summed E-state index contributed by atoms with van der Waals surface area (Å²) in [6, 6.07) is 0. The third-order valence-electron chi connectivity index (χ3n) is 1.74. The summed E-state index contributed by atoms with van der Waals surface area (Å²) in [4.78, 5) is 3.70. The van der Waals surface area contributed by atoms with Crippen LogP contribution in [0.2, 0.25) is 0 Å². The summed E-state index contributed by atoms with van der Waals surface area (Å²) in [7, 11) is 0. The van der Waals surface area contributed by atoms with Gasteiger partial charge in [0.05, 0.1) is 0 Å². The lowest BCUT2D eigenvalue weighted by atomic mass is 9.96. The van der Waals surface area contributed by atoms with E-state index in [0.717, 1.165) is 11.3 Å². The molecule has 1 rings (SSSR count). The summed E-state index contributed by atoms with van der Waals surface area (Å²) < 4.78 is 37.5. The second kappa shape index (κ2) is 3.65. The zero-order valence-electron chi connectivity index (χ0n) is 7.30. The van der Waals surface area contributed by atoms with Gasteiger partial charge in [0, 0.05) is 11.6 Å². The van der Waals surface area contributed by atoms with Crippen LogP contribution in [-0.2, 0) is 0 Å². The van der Waals surface area contributed by atoms with Gasteiger partial charge >= 0.3 is 6.18 Å². The van der Waals surface area contributed by atoms with Gasteiger partial charge in [0.1, 0.15) is 10.9 Å². The summed E-state index contributed by atoms with van der Waals surface area (Å²) in [5.74, 6) is -1.89. The number of nitrogens with zero attached hydrogens (tertiary/aromatic N) is 1. The average Bonchev–Trinajstić information content (AvgIpc) is 2.34. The molecule has 74 valence electrons. The molecule has 0 saturated heterocycles. The van der Waals surface area contributed by atoms with E-state index in [4.69, 9.17) is 0 Å². The summed E-state index contributed by atoms with van der Waals surface area (Å²) >= 11 is 1.06. The normalized spacial score (nSPS) is 14.9. The van der Waals surface area contributed by atoms with Gasteiger partial charge in [0.2, 0.25) is 0 Å². The minimum absolute atomic E-state index is 0.155. The Labute approximate surface area is 78.6 Å². The van der Waals surface area contributed by atoms with E-state index in [1.54, 1.807) is 19.2 Å². The van der Waals surface area contributed by atoms with Crippen molar-refractivity contribution in [3.63, 3.8) is 0 Å². The van der Waals surface area contributed by atoms with Gasteiger partial charge in [-0.3, -0.25) is 0 Å². The summed E-state index contributed by atoms with van der Waals surface area (Å²) in [6.45, 7) is 3.11. The molecule has 1 aromatic rings. The quantitative estimate of drug-likeness (QED) is 0.727. The molecule has 1 heterocycles. The first-order valence-corrected chi connectivity index (χ1v) is 4.77. The zero-order valence-corrected chi connectivity index (χ0v) is 8.12. The molecule has 0 radical (unpaired) electrons. The molecule has 1 nitrogen and oxygen atoms in total. The lowest BCUT2D eigenvalue weighted by Gasteiger charge is -2.21. The molecule has 0 spiro atoms. The number of alkyl halides is 3. The van der Waals surface area contributed by atoms with Crippen LogP contribution in [0, 0.1) is 5.92 Å². The van der Waals surface area contributed by atoms with E-state index >= 15 is 0 Å². The van der Waals surface area contributed by atoms with Crippen LogP contribution in [-0.4, -0.2) is 11.2 Å².